The molecule has 0 spiro atoms. The van der Waals surface area contributed by atoms with Crippen molar-refractivity contribution < 1.29 is 4.74 Å². The van der Waals surface area contributed by atoms with Crippen molar-refractivity contribution in [3.05, 3.63) is 47.6 Å². The summed E-state index contributed by atoms with van der Waals surface area (Å²) in [6.45, 7) is 8.89. The van der Waals surface area contributed by atoms with Crippen LogP contribution in [0.5, 0.6) is 5.88 Å². The van der Waals surface area contributed by atoms with Gasteiger partial charge < -0.3 is 10.1 Å². The van der Waals surface area contributed by atoms with Crippen LogP contribution in [0.1, 0.15) is 66.2 Å². The van der Waals surface area contributed by atoms with E-state index in [9.17, 15) is 0 Å². The van der Waals surface area contributed by atoms with Gasteiger partial charge in [0.05, 0.1) is 0 Å². The maximum atomic E-state index is 6.57. The number of nitrogens with one attached hydrogen (secondary N) is 1. The van der Waals surface area contributed by atoms with Gasteiger partial charge >= 0.3 is 0 Å². The number of aromatic nitrogens is 3. The lowest BCUT2D eigenvalue weighted by Crippen LogP contribution is -2.39. The molecule has 0 saturated heterocycles. The number of unbranched alkanes of at least 4 members (excludes halogenated alkanes) is 1. The molecule has 1 N–H and O–H groups in total. The Labute approximate surface area is 202 Å². The number of anilines is 1. The van der Waals surface area contributed by atoms with Gasteiger partial charge in [-0.15, -0.1) is 10.2 Å². The number of nitrogens with zero attached hydrogens (tertiary/aromatic N) is 3. The highest BCUT2D eigenvalue weighted by atomic mass is 32.2. The Bertz CT molecular complexity index is 1010. The molecule has 0 amide bonds. The molecule has 1 aliphatic heterocycles. The largest absolute Gasteiger partial charge is 0.452 e. The molecule has 2 aliphatic rings. The van der Waals surface area contributed by atoms with Gasteiger partial charge in [0.25, 0.3) is 0 Å². The van der Waals surface area contributed by atoms with Crippen LogP contribution < -0.4 is 10.1 Å². The van der Waals surface area contributed by atoms with Gasteiger partial charge in [0.1, 0.15) is 0 Å². The molecule has 4 rings (SSSR count). The van der Waals surface area contributed by atoms with Crippen molar-refractivity contribution >= 4 is 17.4 Å². The van der Waals surface area contributed by atoms with Gasteiger partial charge in [0.15, 0.2) is 11.9 Å². The van der Waals surface area contributed by atoms with Crippen molar-refractivity contribution in [2.75, 3.05) is 11.1 Å². The average molecular weight is 465 g/mol. The summed E-state index contributed by atoms with van der Waals surface area (Å²) >= 11 is 1.65. The maximum Gasteiger partial charge on any atom is 0.247 e. The summed E-state index contributed by atoms with van der Waals surface area (Å²) in [6, 6.07) is 8.25. The monoisotopic (exact) mass is 464 g/mol. The molecule has 1 aliphatic carbocycles. The molecule has 0 bridgehead atoms. The standard InChI is InChI=1S/C27H36N4OS/c1-5-6-16-33-27-29-26-24(30-31-27)22-12-7-8-13-23(22)28-25(32-26)21-15-14-20(17-19(21)4)11-9-10-18(2)3/h7-8,10,12-14,19,21,25,28H,5-6,9,11,15-17H2,1-4H3/t19-,21+,25+/m0/s1. The molecular weight excluding hydrogens is 428 g/mol. The van der Waals surface area contributed by atoms with E-state index >= 15 is 0 Å². The minimum absolute atomic E-state index is 0.150. The summed E-state index contributed by atoms with van der Waals surface area (Å²) in [5, 5.41) is 13.3. The third kappa shape index (κ3) is 5.97. The first-order chi connectivity index (χ1) is 16.0. The van der Waals surface area contributed by atoms with E-state index in [0.717, 1.165) is 61.2 Å². The number of hydrogen-bond donors (Lipinski definition) is 1. The fourth-order valence-corrected chi connectivity index (χ4v) is 5.45. The molecule has 0 unspecified atom stereocenters. The van der Waals surface area contributed by atoms with Gasteiger partial charge in [-0.25, -0.2) is 0 Å². The fraction of sp³-hybridized carbons (Fsp3) is 0.519. The number of hydrogen-bond acceptors (Lipinski definition) is 6. The van der Waals surface area contributed by atoms with Gasteiger partial charge in [0, 0.05) is 22.9 Å². The van der Waals surface area contributed by atoms with Gasteiger partial charge in [0.2, 0.25) is 11.0 Å². The van der Waals surface area contributed by atoms with Crippen LogP contribution in [0.15, 0.2) is 52.7 Å². The fourth-order valence-electron chi connectivity index (χ4n) is 4.59. The van der Waals surface area contributed by atoms with E-state index in [-0.39, 0.29) is 6.23 Å². The molecule has 5 nitrogen and oxygen atoms in total. The number of fused-ring (bicyclic) bond motifs is 3. The summed E-state index contributed by atoms with van der Waals surface area (Å²) in [5.74, 6) is 2.48. The maximum absolute atomic E-state index is 6.57. The Balaban J connectivity index is 1.56. The zero-order valence-electron chi connectivity index (χ0n) is 20.3. The average Bonchev–Trinajstić information content (AvgIpc) is 2.95. The quantitative estimate of drug-likeness (QED) is 0.252. The summed E-state index contributed by atoms with van der Waals surface area (Å²) in [6.07, 6.45) is 11.3. The van der Waals surface area contributed by atoms with E-state index in [1.165, 1.54) is 5.57 Å². The van der Waals surface area contributed by atoms with Crippen LogP contribution in [0.25, 0.3) is 11.3 Å². The summed E-state index contributed by atoms with van der Waals surface area (Å²) in [7, 11) is 0. The lowest BCUT2D eigenvalue weighted by atomic mass is 9.78. The normalized spacial score (nSPS) is 21.6. The Morgan fingerprint density at radius 3 is 2.88 bits per heavy atom. The van der Waals surface area contributed by atoms with Crippen molar-refractivity contribution in [3.63, 3.8) is 0 Å². The first-order valence-electron chi connectivity index (χ1n) is 12.3. The molecule has 6 heteroatoms. The predicted octanol–water partition coefficient (Wildman–Crippen LogP) is 7.28. The van der Waals surface area contributed by atoms with Gasteiger partial charge in [-0.1, -0.05) is 73.5 Å². The number of allylic oxidation sites excluding steroid dienone is 4. The SMILES string of the molecule is CCCCSc1nnc2c(n1)O[C@H]([C@@H]1CC=C(CCC=C(C)C)C[C@@H]1C)Nc1ccccc1-2. The Kier molecular flexibility index (Phi) is 8.07. The van der Waals surface area contributed by atoms with Crippen molar-refractivity contribution in [2.24, 2.45) is 11.8 Å². The zero-order valence-corrected chi connectivity index (χ0v) is 21.1. The molecule has 1 aromatic heterocycles. The number of thioether (sulfide) groups is 1. The number of ether oxygens (including phenoxy) is 1. The van der Waals surface area contributed by atoms with Crippen molar-refractivity contribution in [1.82, 2.24) is 15.2 Å². The highest BCUT2D eigenvalue weighted by Gasteiger charge is 2.34. The zero-order chi connectivity index (χ0) is 23.2. The number of para-hydroxylation sites is 1. The summed E-state index contributed by atoms with van der Waals surface area (Å²) in [4.78, 5) is 4.79. The Hall–Kier alpha value is -2.34. The molecule has 0 saturated carbocycles. The van der Waals surface area contributed by atoms with Crippen molar-refractivity contribution in [2.45, 2.75) is 77.6 Å². The second kappa shape index (κ2) is 11.2. The Morgan fingerprint density at radius 2 is 2.09 bits per heavy atom. The van der Waals surface area contributed by atoms with Crippen LogP contribution in [0, 0.1) is 11.8 Å². The third-order valence-corrected chi connectivity index (χ3v) is 7.41. The van der Waals surface area contributed by atoms with Gasteiger partial charge in [-0.05, 0) is 57.9 Å². The van der Waals surface area contributed by atoms with E-state index in [1.807, 2.05) is 6.07 Å². The highest BCUT2D eigenvalue weighted by molar-refractivity contribution is 7.99. The molecule has 3 atom stereocenters. The van der Waals surface area contributed by atoms with Crippen LogP contribution in [-0.4, -0.2) is 27.2 Å². The van der Waals surface area contributed by atoms with Crippen LogP contribution in [-0.2, 0) is 0 Å². The smallest absolute Gasteiger partial charge is 0.247 e. The van der Waals surface area contributed by atoms with E-state index in [4.69, 9.17) is 9.72 Å². The van der Waals surface area contributed by atoms with Crippen LogP contribution in [0.3, 0.4) is 0 Å². The van der Waals surface area contributed by atoms with Crippen molar-refractivity contribution in [3.8, 4) is 17.1 Å². The van der Waals surface area contributed by atoms with Crippen LogP contribution >= 0.6 is 11.8 Å². The van der Waals surface area contributed by atoms with E-state index in [1.54, 1.807) is 17.3 Å². The van der Waals surface area contributed by atoms with Crippen LogP contribution in [0.2, 0.25) is 0 Å². The highest BCUT2D eigenvalue weighted by Crippen LogP contribution is 2.41. The minimum Gasteiger partial charge on any atom is -0.452 e. The summed E-state index contributed by atoms with van der Waals surface area (Å²) < 4.78 is 6.57. The second-order valence-electron chi connectivity index (χ2n) is 9.44. The Morgan fingerprint density at radius 1 is 1.24 bits per heavy atom. The van der Waals surface area contributed by atoms with E-state index in [2.05, 4.69) is 73.6 Å². The molecule has 0 fully saturated rings. The predicted molar refractivity (Wildman–Crippen MR) is 138 cm³/mol. The molecule has 0 radical (unpaired) electrons. The van der Waals surface area contributed by atoms with Crippen LogP contribution in [0.4, 0.5) is 5.69 Å². The van der Waals surface area contributed by atoms with E-state index < -0.39 is 0 Å². The number of rotatable bonds is 8. The first kappa shape index (κ1) is 23.8. The van der Waals surface area contributed by atoms with Gasteiger partial charge in [-0.2, -0.15) is 4.98 Å². The summed E-state index contributed by atoms with van der Waals surface area (Å²) in [5.41, 5.74) is 5.73. The van der Waals surface area contributed by atoms with E-state index in [0.29, 0.717) is 22.9 Å². The molecule has 1 aromatic carbocycles. The molecule has 2 aromatic rings. The molecule has 176 valence electrons. The van der Waals surface area contributed by atoms with Crippen molar-refractivity contribution in [1.29, 1.82) is 0 Å². The molecular formula is C27H36N4OS. The first-order valence-corrected chi connectivity index (χ1v) is 13.2. The third-order valence-electron chi connectivity index (χ3n) is 6.48. The number of benzene rings is 1. The van der Waals surface area contributed by atoms with Gasteiger partial charge in [-0.3, -0.25) is 0 Å². The molecule has 33 heavy (non-hydrogen) atoms. The second-order valence-corrected chi connectivity index (χ2v) is 10.5. The lowest BCUT2D eigenvalue weighted by Gasteiger charge is -2.35. The lowest BCUT2D eigenvalue weighted by molar-refractivity contribution is 0.114. The topological polar surface area (TPSA) is 59.9 Å². The minimum atomic E-state index is -0.150. The molecule has 2 heterocycles.